The Labute approximate surface area is 157 Å². The summed E-state index contributed by atoms with van der Waals surface area (Å²) in [6.07, 6.45) is -3.25. The van der Waals surface area contributed by atoms with Gasteiger partial charge in [-0.3, -0.25) is 4.79 Å². The molecule has 2 spiro atoms. The number of rotatable bonds is 0. The molecule has 4 bridgehead atoms. The van der Waals surface area contributed by atoms with Crippen molar-refractivity contribution in [1.82, 2.24) is 0 Å². The third-order valence-electron chi connectivity index (χ3n) is 8.98. The van der Waals surface area contributed by atoms with Crippen LogP contribution in [0.25, 0.3) is 0 Å². The molecule has 5 N–H and O–H groups in total. The van der Waals surface area contributed by atoms with Crippen LogP contribution in [0.15, 0.2) is 12.2 Å². The van der Waals surface area contributed by atoms with Crippen molar-refractivity contribution in [1.29, 1.82) is 0 Å². The molecule has 27 heavy (non-hydrogen) atoms. The Balaban J connectivity index is 1.84. The molecule has 0 aromatic carbocycles. The van der Waals surface area contributed by atoms with Crippen LogP contribution in [0.3, 0.4) is 0 Å². The summed E-state index contributed by atoms with van der Waals surface area (Å²) in [5.74, 6) is -5.03. The maximum absolute atomic E-state index is 13.2. The van der Waals surface area contributed by atoms with E-state index in [-0.39, 0.29) is 0 Å². The maximum Gasteiger partial charge on any atom is 0.318 e. The molecule has 4 aliphatic carbocycles. The van der Waals surface area contributed by atoms with Gasteiger partial charge in [0.15, 0.2) is 0 Å². The van der Waals surface area contributed by atoms with Crippen molar-refractivity contribution >= 4 is 5.97 Å². The Hall–Kier alpha value is -0.990. The number of aliphatic hydroxyl groups is 5. The van der Waals surface area contributed by atoms with Crippen LogP contribution in [0, 0.1) is 34.0 Å². The Kier molecular flexibility index (Phi) is 3.19. The zero-order valence-electron chi connectivity index (χ0n) is 15.6. The van der Waals surface area contributed by atoms with Crippen LogP contribution in [0.1, 0.15) is 39.5 Å². The molecule has 6 rings (SSSR count). The number of hydrogen-bond donors (Lipinski definition) is 5. The number of ether oxygens (including phenoxy) is 1. The van der Waals surface area contributed by atoms with E-state index in [0.717, 1.165) is 0 Å². The quantitative estimate of drug-likeness (QED) is 0.288. The molecule has 2 saturated heterocycles. The molecule has 6 aliphatic rings. The predicted molar refractivity (Wildman–Crippen MR) is 91.8 cm³/mol. The highest BCUT2D eigenvalue weighted by atomic mass is 16.7. The van der Waals surface area contributed by atoms with E-state index in [1.165, 1.54) is 0 Å². The molecule has 0 amide bonds. The summed E-state index contributed by atoms with van der Waals surface area (Å²) >= 11 is 0. The minimum atomic E-state index is -2.42. The van der Waals surface area contributed by atoms with Gasteiger partial charge in [-0.15, -0.1) is 0 Å². The van der Waals surface area contributed by atoms with Crippen LogP contribution in [0.5, 0.6) is 0 Å². The fraction of sp³-hybridized carbons (Fsp3) is 0.850. The van der Waals surface area contributed by atoms with E-state index in [1.54, 1.807) is 0 Å². The van der Waals surface area contributed by atoms with Crippen molar-refractivity contribution in [2.45, 2.75) is 69.7 Å². The lowest BCUT2D eigenvalue weighted by Gasteiger charge is -2.74. The van der Waals surface area contributed by atoms with Crippen LogP contribution in [-0.4, -0.2) is 61.7 Å². The Bertz CT molecular complexity index is 749. The molecule has 0 aromatic rings. The summed E-state index contributed by atoms with van der Waals surface area (Å²) in [4.78, 5) is 13.2. The Morgan fingerprint density at radius 3 is 2.41 bits per heavy atom. The zero-order chi connectivity index (χ0) is 19.7. The van der Waals surface area contributed by atoms with E-state index in [4.69, 9.17) is 4.74 Å². The van der Waals surface area contributed by atoms with E-state index in [2.05, 4.69) is 6.58 Å². The van der Waals surface area contributed by atoms with E-state index >= 15 is 0 Å². The van der Waals surface area contributed by atoms with E-state index in [0.29, 0.717) is 31.3 Å². The summed E-state index contributed by atoms with van der Waals surface area (Å²) in [6.45, 7) is 7.76. The minimum absolute atomic E-state index is 0.354. The van der Waals surface area contributed by atoms with Crippen molar-refractivity contribution in [2.75, 3.05) is 0 Å². The SMILES string of the molecule is C=C1C2CCC3C45C(=O)OC(O)(C(O)C4C(C)(C)CCC5O)C3(C1O)C2O. The van der Waals surface area contributed by atoms with E-state index in [1.807, 2.05) is 13.8 Å². The molecule has 7 nitrogen and oxygen atoms in total. The molecule has 150 valence electrons. The van der Waals surface area contributed by atoms with Crippen molar-refractivity contribution in [3.05, 3.63) is 12.2 Å². The monoisotopic (exact) mass is 380 g/mol. The van der Waals surface area contributed by atoms with Gasteiger partial charge >= 0.3 is 5.97 Å². The second-order valence-corrected chi connectivity index (χ2v) is 10.1. The molecule has 7 heteroatoms. The summed E-state index contributed by atoms with van der Waals surface area (Å²) in [5, 5.41) is 56.3. The summed E-state index contributed by atoms with van der Waals surface area (Å²) in [7, 11) is 0. The largest absolute Gasteiger partial charge is 0.429 e. The van der Waals surface area contributed by atoms with Gasteiger partial charge in [-0.1, -0.05) is 20.4 Å². The van der Waals surface area contributed by atoms with Gasteiger partial charge < -0.3 is 30.3 Å². The number of fused-ring (bicyclic) bond motifs is 2. The predicted octanol–water partition coefficient (Wildman–Crippen LogP) is -0.306. The summed E-state index contributed by atoms with van der Waals surface area (Å²) < 4.78 is 5.43. The van der Waals surface area contributed by atoms with Crippen LogP contribution < -0.4 is 0 Å². The van der Waals surface area contributed by atoms with Crippen molar-refractivity contribution in [3.63, 3.8) is 0 Å². The van der Waals surface area contributed by atoms with Gasteiger partial charge in [0.05, 0.1) is 23.7 Å². The topological polar surface area (TPSA) is 127 Å². The number of esters is 1. The normalized spacial score (nSPS) is 60.6. The second kappa shape index (κ2) is 4.76. The van der Waals surface area contributed by atoms with Gasteiger partial charge in [0.25, 0.3) is 0 Å². The second-order valence-electron chi connectivity index (χ2n) is 10.1. The molecule has 4 saturated carbocycles. The third-order valence-corrected chi connectivity index (χ3v) is 8.98. The van der Waals surface area contributed by atoms with Gasteiger partial charge in [0, 0.05) is 11.8 Å². The Morgan fingerprint density at radius 1 is 1.07 bits per heavy atom. The lowest BCUT2D eigenvalue weighted by molar-refractivity contribution is -0.442. The average Bonchev–Trinajstić information content (AvgIpc) is 2.70. The van der Waals surface area contributed by atoms with Crippen LogP contribution in [0.4, 0.5) is 0 Å². The van der Waals surface area contributed by atoms with Crippen LogP contribution >= 0.6 is 0 Å². The smallest absolute Gasteiger partial charge is 0.318 e. The first-order chi connectivity index (χ1) is 12.5. The summed E-state index contributed by atoms with van der Waals surface area (Å²) in [6, 6.07) is 0. The molecule has 10 unspecified atom stereocenters. The Morgan fingerprint density at radius 2 is 1.74 bits per heavy atom. The number of carbonyl (C=O) groups is 1. The van der Waals surface area contributed by atoms with Crippen molar-refractivity contribution < 1.29 is 35.1 Å². The van der Waals surface area contributed by atoms with E-state index in [9.17, 15) is 30.3 Å². The number of carbonyl (C=O) groups excluding carboxylic acids is 1. The molecule has 2 aliphatic heterocycles. The maximum atomic E-state index is 13.2. The first-order valence-electron chi connectivity index (χ1n) is 9.85. The minimum Gasteiger partial charge on any atom is -0.429 e. The zero-order valence-corrected chi connectivity index (χ0v) is 15.6. The fourth-order valence-electron chi connectivity index (χ4n) is 7.98. The summed E-state index contributed by atoms with van der Waals surface area (Å²) in [5.41, 5.74) is -3.28. The lowest BCUT2D eigenvalue weighted by Crippen LogP contribution is -2.87. The van der Waals surface area contributed by atoms with Gasteiger partial charge in [-0.25, -0.2) is 0 Å². The average molecular weight is 380 g/mol. The molecular formula is C20H28O7. The van der Waals surface area contributed by atoms with E-state index < -0.39 is 70.2 Å². The number of hydrogen-bond acceptors (Lipinski definition) is 7. The first-order valence-corrected chi connectivity index (χ1v) is 9.85. The van der Waals surface area contributed by atoms with Gasteiger partial charge in [-0.05, 0) is 42.6 Å². The number of aliphatic hydroxyl groups excluding tert-OH is 4. The molecule has 0 aromatic heterocycles. The molecule has 0 radical (unpaired) electrons. The lowest BCUT2D eigenvalue weighted by atomic mass is 9.35. The standard InChI is InChI=1S/C20H28O7/c1-8-9-4-5-10-18-11(21)6-7-17(2,3)12(18)15(24)20(26,27-16(18)25)19(10,13(8)22)14(9)23/h9-15,21-24,26H,1,4-7H2,2-3H3. The van der Waals surface area contributed by atoms with Crippen molar-refractivity contribution in [2.24, 2.45) is 34.0 Å². The molecule has 2 heterocycles. The highest BCUT2D eigenvalue weighted by Gasteiger charge is 2.89. The first kappa shape index (κ1) is 18.1. The highest BCUT2D eigenvalue weighted by molar-refractivity contribution is 5.83. The molecular weight excluding hydrogens is 352 g/mol. The molecule has 10 atom stereocenters. The van der Waals surface area contributed by atoms with Crippen molar-refractivity contribution in [3.8, 4) is 0 Å². The van der Waals surface area contributed by atoms with Gasteiger partial charge in [0.2, 0.25) is 5.79 Å². The third kappa shape index (κ3) is 1.50. The molecule has 6 fully saturated rings. The highest BCUT2D eigenvalue weighted by Crippen LogP contribution is 2.77. The van der Waals surface area contributed by atoms with Gasteiger partial charge in [0.1, 0.15) is 11.5 Å². The van der Waals surface area contributed by atoms with Gasteiger partial charge in [-0.2, -0.15) is 0 Å². The van der Waals surface area contributed by atoms with Crippen LogP contribution in [-0.2, 0) is 9.53 Å². The fourth-order valence-corrected chi connectivity index (χ4v) is 7.98. The van der Waals surface area contributed by atoms with Crippen LogP contribution in [0.2, 0.25) is 0 Å².